The van der Waals surface area contributed by atoms with Crippen LogP contribution in [-0.4, -0.2) is 48.4 Å². The van der Waals surface area contributed by atoms with Crippen LogP contribution in [-0.2, 0) is 4.74 Å². The average Bonchev–Trinajstić information content (AvgIpc) is 2.56. The summed E-state index contributed by atoms with van der Waals surface area (Å²) in [5, 5.41) is 27.5. The minimum atomic E-state index is -0.891. The number of hydrogen-bond donors (Lipinski definition) is 3. The highest BCUT2D eigenvalue weighted by Gasteiger charge is 2.28. The van der Waals surface area contributed by atoms with Gasteiger partial charge in [-0.3, -0.25) is 0 Å². The molecule has 0 radical (unpaired) electrons. The van der Waals surface area contributed by atoms with Gasteiger partial charge < -0.3 is 20.1 Å². The van der Waals surface area contributed by atoms with Gasteiger partial charge in [-0.2, -0.15) is 0 Å². The summed E-state index contributed by atoms with van der Waals surface area (Å²) < 4.78 is 5.47. The molecule has 0 aliphatic heterocycles. The number of aliphatic hydroxyl groups is 3. The molecule has 0 fully saturated rings. The lowest BCUT2D eigenvalue weighted by Gasteiger charge is -2.26. The Kier molecular flexibility index (Phi) is 15.6. The standard InChI is InChI=1S/C18H38O4/c1-2-3-4-5-6-7-8-9-10-11-12-13-22-17-18(14-19,15-20)16-21/h19-21H,2-17H2,1H3. The van der Waals surface area contributed by atoms with Gasteiger partial charge in [-0.25, -0.2) is 0 Å². The van der Waals surface area contributed by atoms with E-state index in [0.717, 1.165) is 6.42 Å². The molecule has 0 saturated carbocycles. The van der Waals surface area contributed by atoms with Gasteiger partial charge in [0.15, 0.2) is 0 Å². The molecule has 0 aliphatic carbocycles. The maximum atomic E-state index is 9.17. The van der Waals surface area contributed by atoms with Gasteiger partial charge in [0, 0.05) is 6.61 Å². The number of unbranched alkanes of at least 4 members (excludes halogenated alkanes) is 10. The summed E-state index contributed by atoms with van der Waals surface area (Å²) in [6.45, 7) is 2.35. The highest BCUT2D eigenvalue weighted by molar-refractivity contribution is 4.76. The zero-order chi connectivity index (χ0) is 16.5. The summed E-state index contributed by atoms with van der Waals surface area (Å²) >= 11 is 0. The van der Waals surface area contributed by atoms with E-state index in [2.05, 4.69) is 6.92 Å². The zero-order valence-corrected chi connectivity index (χ0v) is 14.6. The van der Waals surface area contributed by atoms with E-state index in [4.69, 9.17) is 20.1 Å². The number of rotatable bonds is 17. The SMILES string of the molecule is CCCCCCCCCCCCCOCC(CO)(CO)CO. The van der Waals surface area contributed by atoms with Crippen LogP contribution in [0.15, 0.2) is 0 Å². The molecule has 0 aliphatic rings. The lowest BCUT2D eigenvalue weighted by molar-refractivity contribution is -0.0582. The van der Waals surface area contributed by atoms with Crippen LogP contribution in [0.5, 0.6) is 0 Å². The first-order valence-electron chi connectivity index (χ1n) is 9.15. The second-order valence-electron chi connectivity index (χ2n) is 6.56. The summed E-state index contributed by atoms with van der Waals surface area (Å²) in [5.74, 6) is 0. The Balaban J connectivity index is 3.27. The van der Waals surface area contributed by atoms with Crippen molar-refractivity contribution in [1.82, 2.24) is 0 Å². The van der Waals surface area contributed by atoms with Crippen molar-refractivity contribution >= 4 is 0 Å². The average molecular weight is 318 g/mol. The third-order valence-corrected chi connectivity index (χ3v) is 4.31. The van der Waals surface area contributed by atoms with Crippen LogP contribution < -0.4 is 0 Å². The topological polar surface area (TPSA) is 69.9 Å². The van der Waals surface area contributed by atoms with E-state index < -0.39 is 5.41 Å². The monoisotopic (exact) mass is 318 g/mol. The summed E-state index contributed by atoms with van der Waals surface area (Å²) in [7, 11) is 0. The number of ether oxygens (including phenoxy) is 1. The Morgan fingerprint density at radius 3 is 1.45 bits per heavy atom. The van der Waals surface area contributed by atoms with E-state index in [1.807, 2.05) is 0 Å². The molecule has 0 amide bonds. The Labute approximate surface area is 136 Å². The second kappa shape index (κ2) is 15.7. The molecular formula is C18H38O4. The quantitative estimate of drug-likeness (QED) is 0.360. The first-order chi connectivity index (χ1) is 10.7. The van der Waals surface area contributed by atoms with E-state index in [9.17, 15) is 0 Å². The number of hydrogen-bond acceptors (Lipinski definition) is 4. The molecule has 0 rings (SSSR count). The molecule has 3 N–H and O–H groups in total. The highest BCUT2D eigenvalue weighted by Crippen LogP contribution is 2.15. The third kappa shape index (κ3) is 11.4. The van der Waals surface area contributed by atoms with Crippen molar-refractivity contribution in [1.29, 1.82) is 0 Å². The van der Waals surface area contributed by atoms with Crippen molar-refractivity contribution in [3.63, 3.8) is 0 Å². The van der Waals surface area contributed by atoms with E-state index in [0.29, 0.717) is 6.61 Å². The molecule has 0 heterocycles. The lowest BCUT2D eigenvalue weighted by Crippen LogP contribution is -2.38. The Hall–Kier alpha value is -0.160. The largest absolute Gasteiger partial charge is 0.396 e. The maximum Gasteiger partial charge on any atom is 0.0629 e. The predicted octanol–water partition coefficient (Wildman–Crippen LogP) is 3.28. The van der Waals surface area contributed by atoms with Gasteiger partial charge in [0.1, 0.15) is 0 Å². The van der Waals surface area contributed by atoms with E-state index >= 15 is 0 Å². The van der Waals surface area contributed by atoms with Gasteiger partial charge >= 0.3 is 0 Å². The second-order valence-corrected chi connectivity index (χ2v) is 6.56. The van der Waals surface area contributed by atoms with Crippen LogP contribution in [0.2, 0.25) is 0 Å². The smallest absolute Gasteiger partial charge is 0.0629 e. The fraction of sp³-hybridized carbons (Fsp3) is 1.00. The van der Waals surface area contributed by atoms with Crippen LogP contribution in [0.4, 0.5) is 0 Å². The van der Waals surface area contributed by atoms with Gasteiger partial charge in [0.05, 0.1) is 31.8 Å². The molecule has 22 heavy (non-hydrogen) atoms. The molecule has 4 nitrogen and oxygen atoms in total. The molecular weight excluding hydrogens is 280 g/mol. The summed E-state index contributed by atoms with van der Waals surface area (Å²) in [6, 6.07) is 0. The molecule has 0 bridgehead atoms. The molecule has 134 valence electrons. The van der Waals surface area contributed by atoms with Crippen LogP contribution in [0.3, 0.4) is 0 Å². The van der Waals surface area contributed by atoms with Crippen molar-refractivity contribution < 1.29 is 20.1 Å². The van der Waals surface area contributed by atoms with Crippen LogP contribution >= 0.6 is 0 Å². The van der Waals surface area contributed by atoms with Crippen molar-refractivity contribution in [2.45, 2.75) is 77.6 Å². The molecule has 0 aromatic heterocycles. The van der Waals surface area contributed by atoms with Crippen molar-refractivity contribution in [3.8, 4) is 0 Å². The minimum Gasteiger partial charge on any atom is -0.396 e. The number of aliphatic hydroxyl groups excluding tert-OH is 3. The minimum absolute atomic E-state index is 0.217. The predicted molar refractivity (Wildman–Crippen MR) is 91.0 cm³/mol. The zero-order valence-electron chi connectivity index (χ0n) is 14.6. The molecule has 0 saturated heterocycles. The van der Waals surface area contributed by atoms with Gasteiger partial charge in [0.2, 0.25) is 0 Å². The normalized spacial score (nSPS) is 12.0. The Morgan fingerprint density at radius 2 is 1.05 bits per heavy atom. The summed E-state index contributed by atoms with van der Waals surface area (Å²) in [6.07, 6.45) is 14.3. The molecule has 0 atom stereocenters. The van der Waals surface area contributed by atoms with Crippen LogP contribution in [0, 0.1) is 5.41 Å². The van der Waals surface area contributed by atoms with Crippen LogP contribution in [0.1, 0.15) is 77.6 Å². The highest BCUT2D eigenvalue weighted by atomic mass is 16.5. The molecule has 4 heteroatoms. The van der Waals surface area contributed by atoms with Gasteiger partial charge in [-0.05, 0) is 6.42 Å². The molecule has 0 spiro atoms. The Morgan fingerprint density at radius 1 is 0.636 bits per heavy atom. The van der Waals surface area contributed by atoms with Crippen molar-refractivity contribution in [2.24, 2.45) is 5.41 Å². The van der Waals surface area contributed by atoms with E-state index in [-0.39, 0.29) is 26.4 Å². The van der Waals surface area contributed by atoms with Gasteiger partial charge in [0.25, 0.3) is 0 Å². The van der Waals surface area contributed by atoms with Crippen molar-refractivity contribution in [3.05, 3.63) is 0 Å². The van der Waals surface area contributed by atoms with Gasteiger partial charge in [-0.15, -0.1) is 0 Å². The van der Waals surface area contributed by atoms with Crippen LogP contribution in [0.25, 0.3) is 0 Å². The molecule has 0 aromatic carbocycles. The van der Waals surface area contributed by atoms with Crippen molar-refractivity contribution in [2.75, 3.05) is 33.0 Å². The fourth-order valence-corrected chi connectivity index (χ4v) is 2.44. The molecule has 0 aromatic rings. The molecule has 0 unspecified atom stereocenters. The van der Waals surface area contributed by atoms with E-state index in [1.165, 1.54) is 64.2 Å². The van der Waals surface area contributed by atoms with Gasteiger partial charge in [-0.1, -0.05) is 71.1 Å². The lowest BCUT2D eigenvalue weighted by atomic mass is 9.93. The maximum absolute atomic E-state index is 9.17. The summed E-state index contributed by atoms with van der Waals surface area (Å²) in [5.41, 5.74) is -0.891. The first-order valence-corrected chi connectivity index (χ1v) is 9.15. The Bertz CT molecular complexity index is 209. The fourth-order valence-electron chi connectivity index (χ4n) is 2.44. The third-order valence-electron chi connectivity index (χ3n) is 4.31. The first kappa shape index (κ1) is 21.8. The summed E-state index contributed by atoms with van der Waals surface area (Å²) in [4.78, 5) is 0. The van der Waals surface area contributed by atoms with E-state index in [1.54, 1.807) is 0 Å².